The molecule has 0 saturated carbocycles. The standard InChI is InChI=1S/C7H6N3O/c1-2-7(6-8-3-1)10-9-4-5-11-10/h1-4,6,9H. The number of nitrogens with one attached hydrogen (secondary N) is 1. The number of nitrogens with zero attached hydrogens (tertiary/aromatic N) is 2. The lowest BCUT2D eigenvalue weighted by Crippen LogP contribution is -2.27. The molecule has 1 aromatic rings. The Morgan fingerprint density at radius 1 is 1.64 bits per heavy atom. The molecule has 2 rings (SSSR count). The van der Waals surface area contributed by atoms with E-state index < -0.39 is 0 Å². The van der Waals surface area contributed by atoms with Crippen LogP contribution in [0.2, 0.25) is 0 Å². The second kappa shape index (κ2) is 2.49. The molecule has 0 atom stereocenters. The van der Waals surface area contributed by atoms with Gasteiger partial charge in [0.05, 0.1) is 12.4 Å². The highest BCUT2D eigenvalue weighted by atomic mass is 16.7. The van der Waals surface area contributed by atoms with E-state index in [1.165, 1.54) is 5.17 Å². The van der Waals surface area contributed by atoms with E-state index in [4.69, 9.17) is 4.84 Å². The molecule has 0 saturated heterocycles. The second-order valence-corrected chi connectivity index (χ2v) is 1.99. The molecule has 0 spiro atoms. The Balaban J connectivity index is 2.17. The Hall–Kier alpha value is -1.71. The summed E-state index contributed by atoms with van der Waals surface area (Å²) in [7, 11) is 0. The molecule has 1 aliphatic rings. The van der Waals surface area contributed by atoms with Crippen LogP contribution in [0.1, 0.15) is 0 Å². The molecule has 4 nitrogen and oxygen atoms in total. The van der Waals surface area contributed by atoms with Crippen molar-refractivity contribution in [2.75, 3.05) is 5.17 Å². The van der Waals surface area contributed by atoms with Crippen LogP contribution in [0.5, 0.6) is 0 Å². The fourth-order valence-corrected chi connectivity index (χ4v) is 0.792. The van der Waals surface area contributed by atoms with Gasteiger partial charge in [-0.25, -0.2) is 0 Å². The van der Waals surface area contributed by atoms with Crippen molar-refractivity contribution in [1.82, 2.24) is 10.4 Å². The second-order valence-electron chi connectivity index (χ2n) is 1.99. The average molecular weight is 148 g/mol. The minimum absolute atomic E-state index is 0.841. The Kier molecular flexibility index (Phi) is 1.37. The normalized spacial score (nSPS) is 14.4. The minimum atomic E-state index is 0.841. The van der Waals surface area contributed by atoms with Gasteiger partial charge in [-0.15, -0.1) is 5.17 Å². The number of hydrazine groups is 1. The maximum absolute atomic E-state index is 4.92. The number of pyridine rings is 1. The highest BCUT2D eigenvalue weighted by molar-refractivity contribution is 5.40. The highest BCUT2D eigenvalue weighted by Crippen LogP contribution is 2.11. The van der Waals surface area contributed by atoms with Crippen molar-refractivity contribution in [3.8, 4) is 0 Å². The van der Waals surface area contributed by atoms with Gasteiger partial charge >= 0.3 is 0 Å². The first kappa shape index (κ1) is 6.03. The molecule has 0 aromatic carbocycles. The molecule has 1 aliphatic heterocycles. The third-order valence-corrected chi connectivity index (χ3v) is 1.27. The molecular weight excluding hydrogens is 142 g/mol. The van der Waals surface area contributed by atoms with Gasteiger partial charge in [0, 0.05) is 6.20 Å². The Bertz CT molecular complexity index is 252. The molecule has 55 valence electrons. The van der Waals surface area contributed by atoms with Gasteiger partial charge in [-0.3, -0.25) is 10.4 Å². The monoisotopic (exact) mass is 148 g/mol. The number of aromatic nitrogens is 1. The number of rotatable bonds is 1. The van der Waals surface area contributed by atoms with Gasteiger partial charge in [0.2, 0.25) is 6.26 Å². The van der Waals surface area contributed by atoms with Crippen molar-refractivity contribution in [2.45, 2.75) is 0 Å². The summed E-state index contributed by atoms with van der Waals surface area (Å²) >= 11 is 0. The van der Waals surface area contributed by atoms with E-state index >= 15 is 0 Å². The molecule has 0 unspecified atom stereocenters. The summed E-state index contributed by atoms with van der Waals surface area (Å²) in [5.74, 6) is 0. The fourth-order valence-electron chi connectivity index (χ4n) is 0.792. The quantitative estimate of drug-likeness (QED) is 0.633. The van der Waals surface area contributed by atoms with Crippen molar-refractivity contribution >= 4 is 5.69 Å². The smallest absolute Gasteiger partial charge is 0.222 e. The Morgan fingerprint density at radius 2 is 2.64 bits per heavy atom. The average Bonchev–Trinajstić information content (AvgIpc) is 2.58. The molecule has 0 bridgehead atoms. The van der Waals surface area contributed by atoms with Gasteiger partial charge in [0.25, 0.3) is 0 Å². The van der Waals surface area contributed by atoms with Gasteiger partial charge in [0.1, 0.15) is 5.69 Å². The van der Waals surface area contributed by atoms with E-state index in [-0.39, 0.29) is 0 Å². The molecule has 2 heterocycles. The molecule has 0 aliphatic carbocycles. The van der Waals surface area contributed by atoms with Crippen LogP contribution in [0.15, 0.2) is 30.7 Å². The van der Waals surface area contributed by atoms with Gasteiger partial charge in [-0.1, -0.05) is 0 Å². The third kappa shape index (κ3) is 1.10. The van der Waals surface area contributed by atoms with E-state index in [9.17, 15) is 0 Å². The summed E-state index contributed by atoms with van der Waals surface area (Å²) < 4.78 is 0. The zero-order valence-electron chi connectivity index (χ0n) is 5.69. The van der Waals surface area contributed by atoms with Crippen LogP contribution in [-0.2, 0) is 4.84 Å². The van der Waals surface area contributed by atoms with Crippen LogP contribution >= 0.6 is 0 Å². The SMILES string of the molecule is [C]1=CNN(c2cccnc2)O1. The first-order valence-corrected chi connectivity index (χ1v) is 3.17. The lowest BCUT2D eigenvalue weighted by Gasteiger charge is -2.14. The molecule has 11 heavy (non-hydrogen) atoms. The zero-order chi connectivity index (χ0) is 7.52. The summed E-state index contributed by atoms with van der Waals surface area (Å²) in [5.41, 5.74) is 3.65. The number of anilines is 1. The van der Waals surface area contributed by atoms with E-state index in [2.05, 4.69) is 16.7 Å². The molecule has 1 radical (unpaired) electrons. The van der Waals surface area contributed by atoms with Crippen LogP contribution in [0.25, 0.3) is 0 Å². The molecule has 1 N–H and O–H groups in total. The predicted molar refractivity (Wildman–Crippen MR) is 38.7 cm³/mol. The molecule has 1 aromatic heterocycles. The predicted octanol–water partition coefficient (Wildman–Crippen LogP) is 0.612. The molecular formula is C7H6N3O. The van der Waals surface area contributed by atoms with Crippen LogP contribution in [-0.4, -0.2) is 4.98 Å². The van der Waals surface area contributed by atoms with Crippen molar-refractivity contribution in [3.63, 3.8) is 0 Å². The Morgan fingerprint density at radius 3 is 3.27 bits per heavy atom. The number of hydrogen-bond donors (Lipinski definition) is 1. The summed E-state index contributed by atoms with van der Waals surface area (Å²) in [6, 6.07) is 3.71. The lowest BCUT2D eigenvalue weighted by molar-refractivity contribution is 0.204. The van der Waals surface area contributed by atoms with Gasteiger partial charge in [-0.05, 0) is 12.1 Å². The van der Waals surface area contributed by atoms with Crippen molar-refractivity contribution < 1.29 is 4.84 Å². The largest absolute Gasteiger partial charge is 0.353 e. The minimum Gasteiger partial charge on any atom is -0.353 e. The molecule has 0 amide bonds. The first-order chi connectivity index (χ1) is 5.47. The van der Waals surface area contributed by atoms with Crippen molar-refractivity contribution in [1.29, 1.82) is 0 Å². The first-order valence-electron chi connectivity index (χ1n) is 3.17. The fraction of sp³-hybridized carbons (Fsp3) is 0. The van der Waals surface area contributed by atoms with E-state index in [0.29, 0.717) is 0 Å². The van der Waals surface area contributed by atoms with E-state index in [1.54, 1.807) is 18.6 Å². The van der Waals surface area contributed by atoms with Gasteiger partial charge < -0.3 is 4.84 Å². The topological polar surface area (TPSA) is 37.4 Å². The zero-order valence-corrected chi connectivity index (χ0v) is 5.69. The van der Waals surface area contributed by atoms with Crippen LogP contribution < -0.4 is 10.6 Å². The maximum Gasteiger partial charge on any atom is 0.222 e. The maximum atomic E-state index is 4.92. The van der Waals surface area contributed by atoms with Crippen molar-refractivity contribution in [3.05, 3.63) is 37.0 Å². The van der Waals surface area contributed by atoms with E-state index in [1.807, 2.05) is 12.1 Å². The molecule has 0 fully saturated rings. The third-order valence-electron chi connectivity index (χ3n) is 1.27. The summed E-state index contributed by atoms with van der Waals surface area (Å²) in [5, 5.41) is 1.47. The van der Waals surface area contributed by atoms with E-state index in [0.717, 1.165) is 5.69 Å². The van der Waals surface area contributed by atoms with Gasteiger partial charge in [-0.2, -0.15) is 0 Å². The number of hydrogen-bond acceptors (Lipinski definition) is 4. The van der Waals surface area contributed by atoms with Crippen LogP contribution in [0, 0.1) is 6.26 Å². The Labute approximate surface area is 64.0 Å². The summed E-state index contributed by atoms with van der Waals surface area (Å²) in [6.45, 7) is 0. The van der Waals surface area contributed by atoms with Gasteiger partial charge in [0.15, 0.2) is 0 Å². The van der Waals surface area contributed by atoms with Crippen LogP contribution in [0.4, 0.5) is 5.69 Å². The summed E-state index contributed by atoms with van der Waals surface area (Å²) in [4.78, 5) is 8.84. The summed E-state index contributed by atoms with van der Waals surface area (Å²) in [6.07, 6.45) is 7.50. The highest BCUT2D eigenvalue weighted by Gasteiger charge is 2.07. The molecule has 4 heteroatoms. The lowest BCUT2D eigenvalue weighted by atomic mass is 10.4. The van der Waals surface area contributed by atoms with Crippen LogP contribution in [0.3, 0.4) is 0 Å². The van der Waals surface area contributed by atoms with Crippen molar-refractivity contribution in [2.24, 2.45) is 0 Å².